The lowest BCUT2D eigenvalue weighted by atomic mass is 10.0. The number of halogens is 1. The monoisotopic (exact) mass is 273 g/mol. The molecule has 0 bridgehead atoms. The minimum atomic E-state index is 0.395. The molecule has 1 amide bonds. The van der Waals surface area contributed by atoms with Crippen molar-refractivity contribution in [1.82, 2.24) is 4.90 Å². The predicted octanol–water partition coefficient (Wildman–Crippen LogP) is 2.67. The number of hydrogen-bond donors (Lipinski definition) is 0. The van der Waals surface area contributed by atoms with Crippen molar-refractivity contribution in [3.63, 3.8) is 0 Å². The Labute approximate surface area is 101 Å². The molecule has 2 nitrogen and oxygen atoms in total. The van der Waals surface area contributed by atoms with Gasteiger partial charge in [-0.25, -0.2) is 0 Å². The van der Waals surface area contributed by atoms with E-state index in [0.29, 0.717) is 11.8 Å². The fourth-order valence-electron chi connectivity index (χ4n) is 3.10. The van der Waals surface area contributed by atoms with Gasteiger partial charge in [-0.1, -0.05) is 28.8 Å². The summed E-state index contributed by atoms with van der Waals surface area (Å²) >= 11 is 3.41. The summed E-state index contributed by atoms with van der Waals surface area (Å²) < 4.78 is 0. The average Bonchev–Trinajstić information content (AvgIpc) is 2.99. The zero-order chi connectivity index (χ0) is 10.8. The van der Waals surface area contributed by atoms with Crippen LogP contribution in [0.25, 0.3) is 0 Å². The highest BCUT2D eigenvalue weighted by Gasteiger charge is 2.55. The number of carbonyl (C=O) groups is 1. The zero-order valence-electron chi connectivity index (χ0n) is 9.42. The van der Waals surface area contributed by atoms with Crippen LogP contribution >= 0.6 is 15.9 Å². The Balaban J connectivity index is 1.90. The highest BCUT2D eigenvalue weighted by Crippen LogP contribution is 2.56. The first kappa shape index (κ1) is 11.4. The molecule has 0 aromatic carbocycles. The highest BCUT2D eigenvalue weighted by molar-refractivity contribution is 9.09. The predicted molar refractivity (Wildman–Crippen MR) is 65.0 cm³/mol. The van der Waals surface area contributed by atoms with Gasteiger partial charge in [0, 0.05) is 24.3 Å². The second-order valence-electron chi connectivity index (χ2n) is 4.74. The summed E-state index contributed by atoms with van der Waals surface area (Å²) in [5.41, 5.74) is 0. The molecule has 0 heterocycles. The number of nitrogens with zero attached hydrogens (tertiary/aromatic N) is 1. The Bertz CT molecular complexity index is 232. The molecule has 15 heavy (non-hydrogen) atoms. The van der Waals surface area contributed by atoms with Gasteiger partial charge in [0.2, 0.25) is 5.91 Å². The van der Waals surface area contributed by atoms with E-state index < -0.39 is 0 Å². The summed E-state index contributed by atoms with van der Waals surface area (Å²) in [5.74, 6) is 2.31. The Morgan fingerprint density at radius 3 is 2.40 bits per heavy atom. The normalized spacial score (nSPS) is 33.3. The molecule has 2 rings (SSSR count). The van der Waals surface area contributed by atoms with Gasteiger partial charge < -0.3 is 4.90 Å². The van der Waals surface area contributed by atoms with E-state index in [9.17, 15) is 4.79 Å². The van der Waals surface area contributed by atoms with E-state index in [0.717, 1.165) is 30.3 Å². The van der Waals surface area contributed by atoms with Gasteiger partial charge >= 0.3 is 0 Å². The lowest BCUT2D eigenvalue weighted by Crippen LogP contribution is -2.34. The topological polar surface area (TPSA) is 20.3 Å². The first-order valence-electron chi connectivity index (χ1n) is 6.14. The van der Waals surface area contributed by atoms with Gasteiger partial charge in [-0.2, -0.15) is 0 Å². The van der Waals surface area contributed by atoms with Gasteiger partial charge in [0.25, 0.3) is 0 Å². The minimum Gasteiger partial charge on any atom is -0.342 e. The molecule has 2 aliphatic rings. The Morgan fingerprint density at radius 2 is 1.93 bits per heavy atom. The largest absolute Gasteiger partial charge is 0.342 e. The molecule has 2 atom stereocenters. The van der Waals surface area contributed by atoms with Crippen molar-refractivity contribution in [2.24, 2.45) is 17.8 Å². The molecule has 0 spiro atoms. The van der Waals surface area contributed by atoms with E-state index in [1.165, 1.54) is 25.7 Å². The first-order chi connectivity index (χ1) is 7.29. The molecule has 0 aliphatic heterocycles. The molecule has 0 aromatic rings. The van der Waals surface area contributed by atoms with E-state index in [1.54, 1.807) is 0 Å². The van der Waals surface area contributed by atoms with Crippen LogP contribution in [0.15, 0.2) is 0 Å². The second-order valence-corrected chi connectivity index (χ2v) is 5.54. The molecule has 0 N–H and O–H groups in total. The van der Waals surface area contributed by atoms with Gasteiger partial charge in [0.05, 0.1) is 0 Å². The third-order valence-electron chi connectivity index (χ3n) is 3.99. The van der Waals surface area contributed by atoms with E-state index in [2.05, 4.69) is 22.9 Å². The highest BCUT2D eigenvalue weighted by atomic mass is 79.9. The van der Waals surface area contributed by atoms with Crippen molar-refractivity contribution in [3.05, 3.63) is 0 Å². The van der Waals surface area contributed by atoms with Crippen LogP contribution in [0.2, 0.25) is 0 Å². The van der Waals surface area contributed by atoms with Crippen molar-refractivity contribution in [1.29, 1.82) is 0 Å². The SMILES string of the molecule is CCN(CCBr)C(=O)C1C2CCCCC21. The van der Waals surface area contributed by atoms with Crippen LogP contribution in [-0.4, -0.2) is 29.2 Å². The van der Waals surface area contributed by atoms with Crippen LogP contribution in [0.3, 0.4) is 0 Å². The van der Waals surface area contributed by atoms with Crippen molar-refractivity contribution in [2.45, 2.75) is 32.6 Å². The smallest absolute Gasteiger partial charge is 0.226 e. The second kappa shape index (κ2) is 4.86. The van der Waals surface area contributed by atoms with Crippen molar-refractivity contribution >= 4 is 21.8 Å². The summed E-state index contributed by atoms with van der Waals surface area (Å²) in [5, 5.41) is 0.897. The molecule has 0 radical (unpaired) electrons. The third-order valence-corrected chi connectivity index (χ3v) is 4.34. The molecule has 2 saturated carbocycles. The van der Waals surface area contributed by atoms with Crippen LogP contribution in [0.1, 0.15) is 32.6 Å². The molecule has 2 aliphatic carbocycles. The van der Waals surface area contributed by atoms with Crippen LogP contribution in [0, 0.1) is 17.8 Å². The fraction of sp³-hybridized carbons (Fsp3) is 0.917. The quantitative estimate of drug-likeness (QED) is 0.722. The molecule has 2 unspecified atom stereocenters. The van der Waals surface area contributed by atoms with Gasteiger partial charge in [-0.3, -0.25) is 4.79 Å². The van der Waals surface area contributed by atoms with Gasteiger partial charge in [-0.15, -0.1) is 0 Å². The molecule has 86 valence electrons. The number of rotatable bonds is 4. The van der Waals surface area contributed by atoms with Crippen LogP contribution in [0.5, 0.6) is 0 Å². The average molecular weight is 274 g/mol. The standard InChI is InChI=1S/C12H20BrNO/c1-2-14(8-7-13)12(15)11-9-5-3-4-6-10(9)11/h9-11H,2-8H2,1H3. The summed E-state index contributed by atoms with van der Waals surface area (Å²) in [6.07, 6.45) is 5.28. The number of fused-ring (bicyclic) bond motifs is 1. The van der Waals surface area contributed by atoms with Gasteiger partial charge in [-0.05, 0) is 31.6 Å². The first-order valence-corrected chi connectivity index (χ1v) is 7.26. The van der Waals surface area contributed by atoms with E-state index in [1.807, 2.05) is 4.90 Å². The third kappa shape index (κ3) is 2.22. The van der Waals surface area contributed by atoms with Crippen LogP contribution in [0.4, 0.5) is 0 Å². The summed E-state index contributed by atoms with van der Waals surface area (Å²) in [7, 11) is 0. The van der Waals surface area contributed by atoms with Crippen molar-refractivity contribution in [3.8, 4) is 0 Å². The van der Waals surface area contributed by atoms with Gasteiger partial charge in [0.15, 0.2) is 0 Å². The number of hydrogen-bond acceptors (Lipinski definition) is 1. The molecule has 3 heteroatoms. The van der Waals surface area contributed by atoms with E-state index in [4.69, 9.17) is 0 Å². The van der Waals surface area contributed by atoms with Crippen molar-refractivity contribution < 1.29 is 4.79 Å². The molecular weight excluding hydrogens is 254 g/mol. The Hall–Kier alpha value is -0.0500. The molecule has 0 saturated heterocycles. The maximum absolute atomic E-state index is 12.2. The van der Waals surface area contributed by atoms with Gasteiger partial charge in [0.1, 0.15) is 0 Å². The minimum absolute atomic E-state index is 0.395. The Morgan fingerprint density at radius 1 is 1.33 bits per heavy atom. The Kier molecular flexibility index (Phi) is 3.70. The van der Waals surface area contributed by atoms with Crippen LogP contribution in [-0.2, 0) is 4.79 Å². The molecule has 2 fully saturated rings. The van der Waals surface area contributed by atoms with E-state index >= 15 is 0 Å². The number of alkyl halides is 1. The number of amides is 1. The zero-order valence-corrected chi connectivity index (χ0v) is 11.0. The number of carbonyl (C=O) groups excluding carboxylic acids is 1. The van der Waals surface area contributed by atoms with E-state index in [-0.39, 0.29) is 0 Å². The van der Waals surface area contributed by atoms with Crippen molar-refractivity contribution in [2.75, 3.05) is 18.4 Å². The summed E-state index contributed by atoms with van der Waals surface area (Å²) in [6.45, 7) is 3.80. The lowest BCUT2D eigenvalue weighted by molar-refractivity contribution is -0.132. The fourth-order valence-corrected chi connectivity index (χ4v) is 3.52. The summed E-state index contributed by atoms with van der Waals surface area (Å²) in [6, 6.07) is 0. The maximum atomic E-state index is 12.2. The molecular formula is C12H20BrNO. The summed E-state index contributed by atoms with van der Waals surface area (Å²) in [4.78, 5) is 14.2. The van der Waals surface area contributed by atoms with Crippen LogP contribution < -0.4 is 0 Å². The molecule has 0 aromatic heterocycles. The lowest BCUT2D eigenvalue weighted by Gasteiger charge is -2.19. The maximum Gasteiger partial charge on any atom is 0.226 e.